The maximum atomic E-state index is 12.9. The Morgan fingerprint density at radius 3 is 2.24 bits per heavy atom. The molecule has 0 radical (unpaired) electrons. The zero-order valence-electron chi connectivity index (χ0n) is 11.2. The van der Waals surface area contributed by atoms with Gasteiger partial charge < -0.3 is 5.32 Å². The molecule has 96 valence electrons. The topological polar surface area (TPSA) is 12.0 Å². The molecule has 0 aliphatic carbocycles. The van der Waals surface area contributed by atoms with E-state index in [0.29, 0.717) is 12.0 Å². The maximum absolute atomic E-state index is 12.9. The minimum absolute atomic E-state index is 0.154. The number of likely N-dealkylation sites (N-methyl/N-ethyl adjacent to an activating group) is 1. The Hall–Kier alpha value is -0.890. The van der Waals surface area contributed by atoms with E-state index in [1.807, 2.05) is 12.1 Å². The fourth-order valence-corrected chi connectivity index (χ4v) is 2.48. The summed E-state index contributed by atoms with van der Waals surface area (Å²) in [6.45, 7) is 7.54. The molecule has 1 N–H and O–H groups in total. The van der Waals surface area contributed by atoms with Gasteiger partial charge in [-0.25, -0.2) is 4.39 Å². The molecule has 0 bridgehead atoms. The average Bonchev–Trinajstić information content (AvgIpc) is 2.33. The summed E-state index contributed by atoms with van der Waals surface area (Å²) >= 11 is 0. The lowest BCUT2D eigenvalue weighted by atomic mass is 9.87. The molecule has 1 nitrogen and oxygen atoms in total. The van der Waals surface area contributed by atoms with Gasteiger partial charge in [0.1, 0.15) is 5.82 Å². The van der Waals surface area contributed by atoms with Crippen LogP contribution in [0.4, 0.5) is 4.39 Å². The number of halogens is 1. The van der Waals surface area contributed by atoms with Crippen LogP contribution in [0.15, 0.2) is 24.3 Å². The zero-order chi connectivity index (χ0) is 12.7. The van der Waals surface area contributed by atoms with Gasteiger partial charge in [0, 0.05) is 6.04 Å². The van der Waals surface area contributed by atoms with Crippen LogP contribution < -0.4 is 5.32 Å². The summed E-state index contributed by atoms with van der Waals surface area (Å²) in [7, 11) is 0. The van der Waals surface area contributed by atoms with Crippen LogP contribution in [0.3, 0.4) is 0 Å². The first-order chi connectivity index (χ1) is 8.22. The Morgan fingerprint density at radius 2 is 1.76 bits per heavy atom. The molecule has 0 fully saturated rings. The summed E-state index contributed by atoms with van der Waals surface area (Å²) < 4.78 is 12.9. The minimum Gasteiger partial charge on any atom is -0.314 e. The van der Waals surface area contributed by atoms with E-state index in [1.165, 1.54) is 18.4 Å². The molecule has 1 aromatic rings. The predicted molar refractivity (Wildman–Crippen MR) is 71.8 cm³/mol. The smallest absolute Gasteiger partial charge is 0.123 e. The number of rotatable bonds is 7. The van der Waals surface area contributed by atoms with Crippen molar-refractivity contribution in [3.8, 4) is 0 Å². The van der Waals surface area contributed by atoms with E-state index >= 15 is 0 Å². The van der Waals surface area contributed by atoms with Crippen molar-refractivity contribution in [1.29, 1.82) is 0 Å². The SMILES string of the molecule is CCCC(NCC)C(CC)c1ccc(F)cc1. The molecule has 0 spiro atoms. The molecule has 0 saturated heterocycles. The summed E-state index contributed by atoms with van der Waals surface area (Å²) in [5, 5.41) is 3.55. The lowest BCUT2D eigenvalue weighted by molar-refractivity contribution is 0.403. The molecule has 0 heterocycles. The van der Waals surface area contributed by atoms with Crippen molar-refractivity contribution in [2.24, 2.45) is 0 Å². The van der Waals surface area contributed by atoms with E-state index in [4.69, 9.17) is 0 Å². The van der Waals surface area contributed by atoms with Crippen LogP contribution in [0.25, 0.3) is 0 Å². The van der Waals surface area contributed by atoms with Crippen molar-refractivity contribution >= 4 is 0 Å². The Kier molecular flexibility index (Phi) is 6.20. The molecule has 0 aliphatic heterocycles. The highest BCUT2D eigenvalue weighted by molar-refractivity contribution is 5.22. The Labute approximate surface area is 104 Å². The van der Waals surface area contributed by atoms with Crippen LogP contribution >= 0.6 is 0 Å². The van der Waals surface area contributed by atoms with Crippen LogP contribution in [0.1, 0.15) is 51.5 Å². The van der Waals surface area contributed by atoms with Gasteiger partial charge in [0.15, 0.2) is 0 Å². The monoisotopic (exact) mass is 237 g/mol. The Balaban J connectivity index is 2.83. The first-order valence-corrected chi connectivity index (χ1v) is 6.71. The number of benzene rings is 1. The fourth-order valence-electron chi connectivity index (χ4n) is 2.48. The summed E-state index contributed by atoms with van der Waals surface area (Å²) in [4.78, 5) is 0. The van der Waals surface area contributed by atoms with E-state index < -0.39 is 0 Å². The standard InChI is InChI=1S/C15H24FN/c1-4-7-15(17-6-3)14(5-2)12-8-10-13(16)11-9-12/h8-11,14-15,17H,4-7H2,1-3H3. The van der Waals surface area contributed by atoms with E-state index in [-0.39, 0.29) is 5.82 Å². The third-order valence-corrected chi connectivity index (χ3v) is 3.29. The van der Waals surface area contributed by atoms with Gasteiger partial charge in [-0.1, -0.05) is 39.3 Å². The highest BCUT2D eigenvalue weighted by Crippen LogP contribution is 2.26. The highest BCUT2D eigenvalue weighted by atomic mass is 19.1. The molecule has 0 amide bonds. The van der Waals surface area contributed by atoms with Crippen molar-refractivity contribution in [3.63, 3.8) is 0 Å². The van der Waals surface area contributed by atoms with Gasteiger partial charge in [0.05, 0.1) is 0 Å². The lowest BCUT2D eigenvalue weighted by Crippen LogP contribution is -2.34. The lowest BCUT2D eigenvalue weighted by Gasteiger charge is -2.27. The molecule has 2 unspecified atom stereocenters. The quantitative estimate of drug-likeness (QED) is 0.753. The van der Waals surface area contributed by atoms with E-state index in [2.05, 4.69) is 26.1 Å². The molecule has 0 aliphatic rings. The van der Waals surface area contributed by atoms with Gasteiger partial charge in [-0.3, -0.25) is 0 Å². The molecule has 17 heavy (non-hydrogen) atoms. The van der Waals surface area contributed by atoms with Gasteiger partial charge in [-0.05, 0) is 43.0 Å². The van der Waals surface area contributed by atoms with Gasteiger partial charge in [0.25, 0.3) is 0 Å². The van der Waals surface area contributed by atoms with Crippen LogP contribution in [-0.4, -0.2) is 12.6 Å². The first kappa shape index (κ1) is 14.2. The van der Waals surface area contributed by atoms with Crippen molar-refractivity contribution < 1.29 is 4.39 Å². The van der Waals surface area contributed by atoms with Gasteiger partial charge >= 0.3 is 0 Å². The van der Waals surface area contributed by atoms with Crippen molar-refractivity contribution in [1.82, 2.24) is 5.32 Å². The fraction of sp³-hybridized carbons (Fsp3) is 0.600. The Morgan fingerprint density at radius 1 is 1.12 bits per heavy atom. The second-order valence-corrected chi connectivity index (χ2v) is 4.52. The number of hydrogen-bond donors (Lipinski definition) is 1. The summed E-state index contributed by atoms with van der Waals surface area (Å²) in [5.41, 5.74) is 1.24. The average molecular weight is 237 g/mol. The van der Waals surface area contributed by atoms with Crippen molar-refractivity contribution in [3.05, 3.63) is 35.6 Å². The van der Waals surface area contributed by atoms with Crippen LogP contribution in [0.5, 0.6) is 0 Å². The number of nitrogens with one attached hydrogen (secondary N) is 1. The third-order valence-electron chi connectivity index (χ3n) is 3.29. The number of hydrogen-bond acceptors (Lipinski definition) is 1. The first-order valence-electron chi connectivity index (χ1n) is 6.71. The van der Waals surface area contributed by atoms with Crippen LogP contribution in [-0.2, 0) is 0 Å². The molecule has 0 saturated carbocycles. The van der Waals surface area contributed by atoms with Crippen LogP contribution in [0.2, 0.25) is 0 Å². The second-order valence-electron chi connectivity index (χ2n) is 4.52. The Bertz CT molecular complexity index is 301. The molecular formula is C15H24FN. The summed E-state index contributed by atoms with van der Waals surface area (Å²) in [5.74, 6) is 0.328. The van der Waals surface area contributed by atoms with Crippen molar-refractivity contribution in [2.75, 3.05) is 6.54 Å². The predicted octanol–water partition coefficient (Wildman–Crippen LogP) is 4.10. The summed E-state index contributed by atoms with van der Waals surface area (Å²) in [6, 6.07) is 7.47. The summed E-state index contributed by atoms with van der Waals surface area (Å²) in [6.07, 6.45) is 3.43. The molecule has 2 atom stereocenters. The molecule has 0 aromatic heterocycles. The van der Waals surface area contributed by atoms with E-state index in [9.17, 15) is 4.39 Å². The molecule has 2 heteroatoms. The largest absolute Gasteiger partial charge is 0.314 e. The van der Waals surface area contributed by atoms with Crippen molar-refractivity contribution in [2.45, 2.75) is 52.0 Å². The van der Waals surface area contributed by atoms with Gasteiger partial charge in [0.2, 0.25) is 0 Å². The van der Waals surface area contributed by atoms with Gasteiger partial charge in [-0.2, -0.15) is 0 Å². The van der Waals surface area contributed by atoms with Gasteiger partial charge in [-0.15, -0.1) is 0 Å². The molecular weight excluding hydrogens is 213 g/mol. The maximum Gasteiger partial charge on any atom is 0.123 e. The van der Waals surface area contributed by atoms with Crippen LogP contribution in [0, 0.1) is 5.82 Å². The van der Waals surface area contributed by atoms with E-state index in [1.54, 1.807) is 12.1 Å². The minimum atomic E-state index is -0.154. The molecule has 1 aromatic carbocycles. The normalized spacial score (nSPS) is 14.6. The third kappa shape index (κ3) is 4.12. The molecule has 1 rings (SSSR count). The highest BCUT2D eigenvalue weighted by Gasteiger charge is 2.19. The zero-order valence-corrected chi connectivity index (χ0v) is 11.2. The second kappa shape index (κ2) is 7.44. The van der Waals surface area contributed by atoms with E-state index in [0.717, 1.165) is 13.0 Å².